The van der Waals surface area contributed by atoms with Gasteiger partial charge in [0.1, 0.15) is 6.04 Å². The fourth-order valence-corrected chi connectivity index (χ4v) is 5.32. The highest BCUT2D eigenvalue weighted by atomic mass is 16.4. The monoisotopic (exact) mass is 599 g/mol. The summed E-state index contributed by atoms with van der Waals surface area (Å²) >= 11 is 0. The first-order valence-corrected chi connectivity index (χ1v) is 14.7. The van der Waals surface area contributed by atoms with Crippen molar-refractivity contribution in [2.45, 2.75) is 39.3 Å². The highest BCUT2D eigenvalue weighted by molar-refractivity contribution is 6.08. The Bertz CT molecular complexity index is 1900. The molecule has 0 bridgehead atoms. The molecule has 0 unspecified atom stereocenters. The molecule has 0 saturated carbocycles. The van der Waals surface area contributed by atoms with Gasteiger partial charge in [-0.3, -0.25) is 9.59 Å². The molecule has 0 saturated heterocycles. The van der Waals surface area contributed by atoms with Gasteiger partial charge >= 0.3 is 5.97 Å². The number of carboxylic acid groups (broad SMARTS) is 1. The zero-order valence-corrected chi connectivity index (χ0v) is 25.0. The van der Waals surface area contributed by atoms with Crippen LogP contribution in [-0.4, -0.2) is 38.5 Å². The standard InChI is InChI=1S/C36H33N5O4/c1-23(2)16-33(36(44)45)40-35(43)31-15-14-27(17-32(31)30-9-5-7-26-6-3-4-8-29(26)30)39-34(42)18-28-20-38-22-41(28)21-25-12-10-24(19-37)11-13-25/h3-15,17,20,22-23,33H,16,18,21H2,1-2H3,(H,39,42)(H,40,43)(H,44,45)/t33-/m0/s1. The van der Waals surface area contributed by atoms with Crippen LogP contribution in [0.4, 0.5) is 5.69 Å². The van der Waals surface area contributed by atoms with Crippen molar-refractivity contribution in [2.75, 3.05) is 5.32 Å². The minimum Gasteiger partial charge on any atom is -0.480 e. The van der Waals surface area contributed by atoms with Crippen LogP contribution in [0.3, 0.4) is 0 Å². The van der Waals surface area contributed by atoms with Crippen LogP contribution in [0.15, 0.2) is 97.5 Å². The van der Waals surface area contributed by atoms with Crippen LogP contribution in [-0.2, 0) is 22.6 Å². The molecule has 1 aromatic heterocycles. The molecule has 5 rings (SSSR count). The summed E-state index contributed by atoms with van der Waals surface area (Å²) in [5.74, 6) is -1.79. The molecule has 0 aliphatic carbocycles. The summed E-state index contributed by atoms with van der Waals surface area (Å²) in [6.45, 7) is 4.31. The number of aromatic nitrogens is 2. The topological polar surface area (TPSA) is 137 Å². The molecule has 9 heteroatoms. The van der Waals surface area contributed by atoms with E-state index in [0.29, 0.717) is 41.0 Å². The lowest BCUT2D eigenvalue weighted by Gasteiger charge is -2.19. The normalized spacial score (nSPS) is 11.6. The summed E-state index contributed by atoms with van der Waals surface area (Å²) in [6, 6.07) is 26.9. The molecule has 0 aliphatic heterocycles. The minimum atomic E-state index is -1.09. The van der Waals surface area contributed by atoms with E-state index in [1.54, 1.807) is 42.9 Å². The molecule has 0 spiro atoms. The van der Waals surface area contributed by atoms with Crippen molar-refractivity contribution in [3.63, 3.8) is 0 Å². The van der Waals surface area contributed by atoms with Gasteiger partial charge in [0.05, 0.1) is 24.4 Å². The van der Waals surface area contributed by atoms with Gasteiger partial charge in [-0.05, 0) is 70.1 Å². The Kier molecular flexibility index (Phi) is 9.34. The van der Waals surface area contributed by atoms with E-state index in [0.717, 1.165) is 21.9 Å². The first-order valence-electron chi connectivity index (χ1n) is 14.7. The molecule has 3 N–H and O–H groups in total. The van der Waals surface area contributed by atoms with Crippen molar-refractivity contribution in [2.24, 2.45) is 5.92 Å². The van der Waals surface area contributed by atoms with E-state index in [9.17, 15) is 19.5 Å². The zero-order valence-electron chi connectivity index (χ0n) is 25.0. The Hall–Kier alpha value is -5.75. The van der Waals surface area contributed by atoms with Crippen molar-refractivity contribution in [1.82, 2.24) is 14.9 Å². The van der Waals surface area contributed by atoms with Crippen LogP contribution < -0.4 is 10.6 Å². The molecule has 5 aromatic rings. The Labute approximate surface area is 261 Å². The lowest BCUT2D eigenvalue weighted by molar-refractivity contribution is -0.139. The van der Waals surface area contributed by atoms with Crippen molar-refractivity contribution in [3.05, 3.63) is 120 Å². The zero-order chi connectivity index (χ0) is 31.9. The largest absolute Gasteiger partial charge is 0.480 e. The molecule has 0 fully saturated rings. The molecule has 9 nitrogen and oxygen atoms in total. The SMILES string of the molecule is CC(C)C[C@H](NC(=O)c1ccc(NC(=O)Cc2cncn2Cc2ccc(C#N)cc2)cc1-c1cccc2ccccc12)C(=O)O. The summed E-state index contributed by atoms with van der Waals surface area (Å²) in [5, 5.41) is 26.3. The summed E-state index contributed by atoms with van der Waals surface area (Å²) in [6.07, 6.45) is 3.67. The number of hydrogen-bond acceptors (Lipinski definition) is 5. The Morgan fingerprint density at radius 2 is 1.71 bits per heavy atom. The van der Waals surface area contributed by atoms with Gasteiger partial charge in [-0.15, -0.1) is 0 Å². The highest BCUT2D eigenvalue weighted by Gasteiger charge is 2.24. The van der Waals surface area contributed by atoms with Crippen LogP contribution in [0.5, 0.6) is 0 Å². The van der Waals surface area contributed by atoms with Crippen LogP contribution in [0.1, 0.15) is 47.4 Å². The lowest BCUT2D eigenvalue weighted by Crippen LogP contribution is -2.41. The molecule has 226 valence electrons. The van der Waals surface area contributed by atoms with Gasteiger partial charge in [-0.2, -0.15) is 5.26 Å². The molecular weight excluding hydrogens is 566 g/mol. The predicted molar refractivity (Wildman–Crippen MR) is 173 cm³/mol. The number of carbonyl (C=O) groups is 3. The van der Waals surface area contributed by atoms with Gasteiger partial charge in [0, 0.05) is 29.7 Å². The summed E-state index contributed by atoms with van der Waals surface area (Å²) in [4.78, 5) is 42.9. The van der Waals surface area contributed by atoms with Gasteiger partial charge in [0.2, 0.25) is 5.91 Å². The summed E-state index contributed by atoms with van der Waals surface area (Å²) in [7, 11) is 0. The third-order valence-electron chi connectivity index (χ3n) is 7.51. The average Bonchev–Trinajstić information content (AvgIpc) is 3.46. The number of amides is 2. The van der Waals surface area contributed by atoms with E-state index >= 15 is 0 Å². The number of nitrogens with one attached hydrogen (secondary N) is 2. The molecule has 45 heavy (non-hydrogen) atoms. The van der Waals surface area contributed by atoms with Crippen molar-refractivity contribution in [3.8, 4) is 17.2 Å². The average molecular weight is 600 g/mol. The fraction of sp³-hybridized carbons (Fsp3) is 0.194. The number of rotatable bonds is 11. The van der Waals surface area contributed by atoms with E-state index < -0.39 is 17.9 Å². The Morgan fingerprint density at radius 3 is 2.44 bits per heavy atom. The summed E-state index contributed by atoms with van der Waals surface area (Å²) < 4.78 is 1.88. The number of carboxylic acids is 1. The smallest absolute Gasteiger partial charge is 0.326 e. The molecule has 2 amide bonds. The second-order valence-corrected chi connectivity index (χ2v) is 11.3. The molecule has 0 aliphatic rings. The number of imidazole rings is 1. The van der Waals surface area contributed by atoms with E-state index in [-0.39, 0.29) is 18.2 Å². The van der Waals surface area contributed by atoms with Crippen molar-refractivity contribution in [1.29, 1.82) is 5.26 Å². The van der Waals surface area contributed by atoms with Crippen LogP contribution >= 0.6 is 0 Å². The van der Waals surface area contributed by atoms with E-state index in [4.69, 9.17) is 5.26 Å². The number of hydrogen-bond donors (Lipinski definition) is 3. The second kappa shape index (κ2) is 13.7. The fourth-order valence-electron chi connectivity index (χ4n) is 5.32. The van der Waals surface area contributed by atoms with Gasteiger partial charge < -0.3 is 20.3 Å². The lowest BCUT2D eigenvalue weighted by atomic mass is 9.93. The quantitative estimate of drug-likeness (QED) is 0.169. The van der Waals surface area contributed by atoms with Gasteiger partial charge in [-0.1, -0.05) is 68.4 Å². The van der Waals surface area contributed by atoms with Gasteiger partial charge in [-0.25, -0.2) is 9.78 Å². The number of nitrogens with zero attached hydrogens (tertiary/aromatic N) is 3. The van der Waals surface area contributed by atoms with Crippen molar-refractivity contribution >= 4 is 34.2 Å². The third kappa shape index (κ3) is 7.43. The number of aliphatic carboxylic acids is 1. The maximum absolute atomic E-state index is 13.6. The molecule has 0 radical (unpaired) electrons. The maximum atomic E-state index is 13.6. The number of carbonyl (C=O) groups excluding carboxylic acids is 2. The number of anilines is 1. The number of nitriles is 1. The van der Waals surface area contributed by atoms with Gasteiger partial charge in [0.25, 0.3) is 5.91 Å². The molecular formula is C36H33N5O4. The molecule has 1 heterocycles. The number of benzene rings is 4. The highest BCUT2D eigenvalue weighted by Crippen LogP contribution is 2.33. The first kappa shape index (κ1) is 30.7. The molecule has 4 aromatic carbocycles. The number of fused-ring (bicyclic) bond motifs is 1. The predicted octanol–water partition coefficient (Wildman–Crippen LogP) is 6.03. The van der Waals surface area contributed by atoms with Crippen LogP contribution in [0, 0.1) is 17.2 Å². The Morgan fingerprint density at radius 1 is 0.956 bits per heavy atom. The second-order valence-electron chi connectivity index (χ2n) is 11.3. The minimum absolute atomic E-state index is 0.0671. The van der Waals surface area contributed by atoms with Crippen molar-refractivity contribution < 1.29 is 19.5 Å². The van der Waals surface area contributed by atoms with E-state index in [2.05, 4.69) is 21.7 Å². The molecule has 1 atom stereocenters. The third-order valence-corrected chi connectivity index (χ3v) is 7.51. The Balaban J connectivity index is 1.42. The van der Waals surface area contributed by atoms with E-state index in [1.807, 2.05) is 73.0 Å². The first-order chi connectivity index (χ1) is 21.7. The van der Waals surface area contributed by atoms with Gasteiger partial charge in [0.15, 0.2) is 0 Å². The summed E-state index contributed by atoms with van der Waals surface area (Å²) in [5.41, 5.74) is 4.42. The maximum Gasteiger partial charge on any atom is 0.326 e. The van der Waals surface area contributed by atoms with Crippen LogP contribution in [0.2, 0.25) is 0 Å². The van der Waals surface area contributed by atoms with Crippen LogP contribution in [0.25, 0.3) is 21.9 Å². The van der Waals surface area contributed by atoms with E-state index in [1.165, 1.54) is 0 Å².